The van der Waals surface area contributed by atoms with Crippen LogP contribution in [0.4, 0.5) is 0 Å². The van der Waals surface area contributed by atoms with Crippen LogP contribution >= 0.6 is 0 Å². The van der Waals surface area contributed by atoms with Crippen molar-refractivity contribution in [2.24, 2.45) is 0 Å². The predicted octanol–water partition coefficient (Wildman–Crippen LogP) is 3.26. The minimum Gasteiger partial charge on any atom is -0.496 e. The number of carbonyl (C=O) groups excluding carboxylic acids is 1. The third-order valence-corrected chi connectivity index (χ3v) is 5.10. The van der Waals surface area contributed by atoms with Crippen LogP contribution in [0.3, 0.4) is 0 Å². The number of rotatable bonds is 5. The number of ether oxygens (including phenoxy) is 1. The summed E-state index contributed by atoms with van der Waals surface area (Å²) >= 11 is 0. The summed E-state index contributed by atoms with van der Waals surface area (Å²) in [4.78, 5) is 17.4. The molecule has 1 aromatic heterocycles. The van der Waals surface area contributed by atoms with E-state index >= 15 is 0 Å². The Morgan fingerprint density at radius 3 is 2.82 bits per heavy atom. The molecule has 0 spiro atoms. The maximum atomic E-state index is 12.9. The number of aromatic nitrogens is 3. The summed E-state index contributed by atoms with van der Waals surface area (Å²) in [5, 5.41) is 7.66. The molecule has 0 fully saturated rings. The molecule has 1 amide bonds. The summed E-state index contributed by atoms with van der Waals surface area (Å²) in [6.45, 7) is 2.71. The molecule has 0 aliphatic carbocycles. The summed E-state index contributed by atoms with van der Waals surface area (Å²) in [7, 11) is 1.64. The van der Waals surface area contributed by atoms with Gasteiger partial charge in [-0.05, 0) is 30.2 Å². The van der Waals surface area contributed by atoms with Crippen molar-refractivity contribution < 1.29 is 9.53 Å². The molecule has 28 heavy (non-hydrogen) atoms. The van der Waals surface area contributed by atoms with E-state index in [0.717, 1.165) is 47.8 Å². The number of hydrogen-bond donors (Lipinski definition) is 1. The van der Waals surface area contributed by atoms with Gasteiger partial charge in [-0.25, -0.2) is 9.67 Å². The van der Waals surface area contributed by atoms with Crippen molar-refractivity contribution in [2.75, 3.05) is 7.11 Å². The van der Waals surface area contributed by atoms with Crippen LogP contribution in [0.25, 0.3) is 11.1 Å². The van der Waals surface area contributed by atoms with Crippen LogP contribution in [0, 0.1) is 0 Å². The zero-order valence-corrected chi connectivity index (χ0v) is 16.2. The maximum Gasteiger partial charge on any atom is 0.251 e. The average molecular weight is 376 g/mol. The van der Waals surface area contributed by atoms with Crippen molar-refractivity contribution in [3.05, 3.63) is 65.7 Å². The van der Waals surface area contributed by atoms with Crippen LogP contribution in [-0.2, 0) is 19.4 Å². The van der Waals surface area contributed by atoms with Crippen molar-refractivity contribution in [1.29, 1.82) is 0 Å². The highest BCUT2D eigenvalue weighted by Crippen LogP contribution is 2.30. The highest BCUT2D eigenvalue weighted by atomic mass is 16.5. The maximum absolute atomic E-state index is 12.9. The van der Waals surface area contributed by atoms with E-state index in [1.165, 1.54) is 0 Å². The molecule has 1 unspecified atom stereocenters. The fourth-order valence-corrected chi connectivity index (χ4v) is 3.59. The highest BCUT2D eigenvalue weighted by molar-refractivity contribution is 5.96. The molecule has 1 aliphatic rings. The Hall–Kier alpha value is -3.15. The standard InChI is InChI=1S/C22H24N4O2/c1-3-20-24-21-12-10-17(14-26(21)25-20)23-22(27)16-9-11-19(28-2)18(13-16)15-7-5-4-6-8-15/h4-9,11,13,17H,3,10,12,14H2,1-2H3,(H,23,27). The second-order valence-corrected chi connectivity index (χ2v) is 6.97. The topological polar surface area (TPSA) is 69.0 Å². The predicted molar refractivity (Wildman–Crippen MR) is 107 cm³/mol. The minimum atomic E-state index is -0.0795. The molecule has 1 N–H and O–H groups in total. The first-order valence-electron chi connectivity index (χ1n) is 9.65. The summed E-state index contributed by atoms with van der Waals surface area (Å²) in [5.74, 6) is 2.55. The quantitative estimate of drug-likeness (QED) is 0.742. The molecule has 3 aromatic rings. The number of benzene rings is 2. The van der Waals surface area contributed by atoms with Crippen LogP contribution < -0.4 is 10.1 Å². The van der Waals surface area contributed by atoms with E-state index in [1.54, 1.807) is 13.2 Å². The van der Waals surface area contributed by atoms with Crippen LogP contribution in [0.5, 0.6) is 5.75 Å². The van der Waals surface area contributed by atoms with E-state index in [0.29, 0.717) is 12.1 Å². The van der Waals surface area contributed by atoms with Crippen molar-refractivity contribution in [1.82, 2.24) is 20.1 Å². The van der Waals surface area contributed by atoms with Gasteiger partial charge in [-0.1, -0.05) is 37.3 Å². The molecule has 0 radical (unpaired) electrons. The van der Waals surface area contributed by atoms with Gasteiger partial charge in [0.15, 0.2) is 5.82 Å². The summed E-state index contributed by atoms with van der Waals surface area (Å²) in [5.41, 5.74) is 2.55. The number of carbonyl (C=O) groups is 1. The van der Waals surface area contributed by atoms with Gasteiger partial charge < -0.3 is 10.1 Å². The Labute approximate surface area is 164 Å². The lowest BCUT2D eigenvalue weighted by atomic mass is 10.0. The highest BCUT2D eigenvalue weighted by Gasteiger charge is 2.23. The lowest BCUT2D eigenvalue weighted by Crippen LogP contribution is -2.41. The van der Waals surface area contributed by atoms with Gasteiger partial charge >= 0.3 is 0 Å². The number of fused-ring (bicyclic) bond motifs is 1. The molecule has 0 saturated heterocycles. The normalized spacial score (nSPS) is 15.7. The smallest absolute Gasteiger partial charge is 0.251 e. The first kappa shape index (κ1) is 18.2. The zero-order valence-electron chi connectivity index (χ0n) is 16.2. The van der Waals surface area contributed by atoms with E-state index in [-0.39, 0.29) is 11.9 Å². The molecule has 1 atom stereocenters. The number of amides is 1. The Balaban J connectivity index is 1.52. The number of nitrogens with one attached hydrogen (secondary N) is 1. The summed E-state index contributed by atoms with van der Waals surface area (Å²) in [6.07, 6.45) is 2.52. The molecule has 4 rings (SSSR count). The first-order chi connectivity index (χ1) is 13.7. The van der Waals surface area contributed by atoms with Gasteiger partial charge in [0.1, 0.15) is 11.6 Å². The van der Waals surface area contributed by atoms with Crippen molar-refractivity contribution in [3.63, 3.8) is 0 Å². The van der Waals surface area contributed by atoms with Crippen molar-refractivity contribution in [3.8, 4) is 16.9 Å². The molecular formula is C22H24N4O2. The van der Waals surface area contributed by atoms with E-state index < -0.39 is 0 Å². The molecule has 2 aromatic carbocycles. The van der Waals surface area contributed by atoms with Crippen LogP contribution in [0.15, 0.2) is 48.5 Å². The fourth-order valence-electron chi connectivity index (χ4n) is 3.59. The molecule has 6 nitrogen and oxygen atoms in total. The minimum absolute atomic E-state index is 0.0497. The van der Waals surface area contributed by atoms with Crippen LogP contribution in [-0.4, -0.2) is 33.8 Å². The molecular weight excluding hydrogens is 352 g/mol. The van der Waals surface area contributed by atoms with Crippen LogP contribution in [0.2, 0.25) is 0 Å². The van der Waals surface area contributed by atoms with Gasteiger partial charge in [-0.2, -0.15) is 5.10 Å². The largest absolute Gasteiger partial charge is 0.496 e. The lowest BCUT2D eigenvalue weighted by Gasteiger charge is -2.23. The number of nitrogens with zero attached hydrogens (tertiary/aromatic N) is 3. The molecule has 6 heteroatoms. The first-order valence-corrected chi connectivity index (χ1v) is 9.65. The SMILES string of the molecule is CCc1nc2n(n1)CC(NC(=O)c1ccc(OC)c(-c3ccccc3)c1)CC2. The van der Waals surface area contributed by atoms with Gasteiger partial charge in [-0.15, -0.1) is 0 Å². The Bertz CT molecular complexity index is 981. The Morgan fingerprint density at radius 1 is 1.25 bits per heavy atom. The number of methoxy groups -OCH3 is 1. The van der Waals surface area contributed by atoms with Crippen molar-refractivity contribution >= 4 is 5.91 Å². The summed E-state index contributed by atoms with van der Waals surface area (Å²) in [6, 6.07) is 15.5. The second-order valence-electron chi connectivity index (χ2n) is 6.97. The van der Waals surface area contributed by atoms with E-state index in [9.17, 15) is 4.79 Å². The lowest BCUT2D eigenvalue weighted by molar-refractivity contribution is 0.0926. The van der Waals surface area contributed by atoms with E-state index in [1.807, 2.05) is 47.1 Å². The fraction of sp³-hybridized carbons (Fsp3) is 0.318. The van der Waals surface area contributed by atoms with E-state index in [2.05, 4.69) is 22.3 Å². The molecule has 144 valence electrons. The van der Waals surface area contributed by atoms with Crippen molar-refractivity contribution in [2.45, 2.75) is 38.8 Å². The van der Waals surface area contributed by atoms with Gasteiger partial charge in [0.2, 0.25) is 0 Å². The van der Waals surface area contributed by atoms with Gasteiger partial charge in [-0.3, -0.25) is 4.79 Å². The Morgan fingerprint density at radius 2 is 2.07 bits per heavy atom. The molecule has 0 bridgehead atoms. The monoisotopic (exact) mass is 376 g/mol. The van der Waals surface area contributed by atoms with Gasteiger partial charge in [0.25, 0.3) is 5.91 Å². The summed E-state index contributed by atoms with van der Waals surface area (Å²) < 4.78 is 7.41. The Kier molecular flexibility index (Phi) is 5.10. The molecule has 1 aliphatic heterocycles. The average Bonchev–Trinajstić information content (AvgIpc) is 3.16. The zero-order chi connectivity index (χ0) is 19.5. The number of hydrogen-bond acceptors (Lipinski definition) is 4. The molecule has 2 heterocycles. The number of aryl methyl sites for hydroxylation is 2. The third-order valence-electron chi connectivity index (χ3n) is 5.10. The van der Waals surface area contributed by atoms with Gasteiger partial charge in [0.05, 0.1) is 13.7 Å². The molecule has 0 saturated carbocycles. The van der Waals surface area contributed by atoms with E-state index in [4.69, 9.17) is 4.74 Å². The second kappa shape index (κ2) is 7.84. The van der Waals surface area contributed by atoms with Gasteiger partial charge in [0, 0.05) is 30.0 Å². The van der Waals surface area contributed by atoms with Crippen LogP contribution in [0.1, 0.15) is 35.4 Å². The third kappa shape index (κ3) is 3.63.